The molecule has 2 aliphatic carbocycles. The fraction of sp³-hybridized carbons (Fsp3) is 0.769. The predicted octanol–water partition coefficient (Wildman–Crippen LogP) is -0.206. The second kappa shape index (κ2) is 5.78. The normalized spacial score (nSPS) is 32.9. The van der Waals surface area contributed by atoms with Crippen LogP contribution in [0.3, 0.4) is 0 Å². The van der Waals surface area contributed by atoms with Gasteiger partial charge in [-0.2, -0.15) is 0 Å². The number of rotatable bonds is 6. The molecule has 2 rings (SSSR count). The molecule has 1 amide bonds. The second-order valence-electron chi connectivity index (χ2n) is 5.77. The van der Waals surface area contributed by atoms with Gasteiger partial charge >= 0.3 is 11.9 Å². The van der Waals surface area contributed by atoms with Gasteiger partial charge in [0.1, 0.15) is 6.04 Å². The Bertz CT molecular complexity index is 423. The number of nitrogens with two attached hydrogens (primary N) is 1. The van der Waals surface area contributed by atoms with E-state index in [9.17, 15) is 14.4 Å². The molecule has 0 aromatic carbocycles. The molecule has 0 radical (unpaired) electrons. The van der Waals surface area contributed by atoms with Crippen molar-refractivity contribution in [1.82, 2.24) is 5.32 Å². The van der Waals surface area contributed by atoms with Crippen molar-refractivity contribution in [3.63, 3.8) is 0 Å². The Hall–Kier alpha value is -1.63. The molecule has 2 bridgehead atoms. The first kappa shape index (κ1) is 14.8. The molecule has 7 nitrogen and oxygen atoms in total. The molecule has 0 aromatic heterocycles. The highest BCUT2D eigenvalue weighted by Gasteiger charge is 2.49. The van der Waals surface area contributed by atoms with Gasteiger partial charge in [-0.1, -0.05) is 0 Å². The molecule has 7 heteroatoms. The maximum absolute atomic E-state index is 12.2. The fourth-order valence-corrected chi connectivity index (χ4v) is 3.52. The van der Waals surface area contributed by atoms with Crippen LogP contribution in [0.2, 0.25) is 0 Å². The van der Waals surface area contributed by atoms with Gasteiger partial charge in [0.2, 0.25) is 5.91 Å². The Labute approximate surface area is 116 Å². The lowest BCUT2D eigenvalue weighted by Gasteiger charge is -2.28. The Balaban J connectivity index is 1.94. The van der Waals surface area contributed by atoms with E-state index in [1.54, 1.807) is 0 Å². The molecule has 5 atom stereocenters. The highest BCUT2D eigenvalue weighted by molar-refractivity contribution is 5.86. The van der Waals surface area contributed by atoms with Crippen molar-refractivity contribution in [1.29, 1.82) is 0 Å². The Kier molecular flexibility index (Phi) is 4.27. The zero-order valence-corrected chi connectivity index (χ0v) is 11.1. The summed E-state index contributed by atoms with van der Waals surface area (Å²) in [6.07, 6.45) is 2.53. The van der Waals surface area contributed by atoms with E-state index in [1.807, 2.05) is 0 Å². The maximum atomic E-state index is 12.2. The van der Waals surface area contributed by atoms with E-state index in [1.165, 1.54) is 0 Å². The van der Waals surface area contributed by atoms with Crippen molar-refractivity contribution < 1.29 is 24.6 Å². The fourth-order valence-electron chi connectivity index (χ4n) is 3.52. The lowest BCUT2D eigenvalue weighted by Crippen LogP contribution is -2.50. The van der Waals surface area contributed by atoms with Crippen LogP contribution in [0.5, 0.6) is 0 Å². The van der Waals surface area contributed by atoms with E-state index in [-0.39, 0.29) is 36.6 Å². The third kappa shape index (κ3) is 2.92. The molecule has 5 unspecified atom stereocenters. The number of carbonyl (C=O) groups excluding carboxylic acids is 1. The number of aliphatic carboxylic acids is 2. The number of nitrogens with one attached hydrogen (secondary N) is 1. The predicted molar refractivity (Wildman–Crippen MR) is 68.7 cm³/mol. The molecule has 0 saturated heterocycles. The van der Waals surface area contributed by atoms with Crippen LogP contribution in [0, 0.1) is 17.8 Å². The summed E-state index contributed by atoms with van der Waals surface area (Å²) in [7, 11) is 0. The summed E-state index contributed by atoms with van der Waals surface area (Å²) in [5.74, 6) is -2.37. The topological polar surface area (TPSA) is 130 Å². The molecule has 0 spiro atoms. The third-order valence-corrected chi connectivity index (χ3v) is 4.54. The van der Waals surface area contributed by atoms with Crippen molar-refractivity contribution in [3.8, 4) is 0 Å². The minimum absolute atomic E-state index is 0.119. The molecule has 2 saturated carbocycles. The molecule has 0 heterocycles. The van der Waals surface area contributed by atoms with E-state index in [4.69, 9.17) is 15.9 Å². The number of fused-ring (bicyclic) bond motifs is 2. The van der Waals surface area contributed by atoms with E-state index in [2.05, 4.69) is 5.32 Å². The van der Waals surface area contributed by atoms with Crippen molar-refractivity contribution in [2.75, 3.05) is 0 Å². The van der Waals surface area contributed by atoms with Crippen LogP contribution < -0.4 is 11.1 Å². The van der Waals surface area contributed by atoms with Gasteiger partial charge in [0, 0.05) is 12.5 Å². The number of carboxylic acids is 2. The van der Waals surface area contributed by atoms with Crippen LogP contribution in [0.1, 0.15) is 32.1 Å². The summed E-state index contributed by atoms with van der Waals surface area (Å²) in [5.41, 5.74) is 6.04. The zero-order valence-electron chi connectivity index (χ0n) is 11.1. The summed E-state index contributed by atoms with van der Waals surface area (Å²) in [6.45, 7) is 0. The highest BCUT2D eigenvalue weighted by Crippen LogP contribution is 2.47. The first-order valence-electron chi connectivity index (χ1n) is 6.90. The minimum atomic E-state index is -1.21. The largest absolute Gasteiger partial charge is 0.481 e. The van der Waals surface area contributed by atoms with Crippen molar-refractivity contribution in [3.05, 3.63) is 0 Å². The number of amides is 1. The van der Waals surface area contributed by atoms with Gasteiger partial charge in [-0.3, -0.25) is 9.59 Å². The summed E-state index contributed by atoms with van der Waals surface area (Å²) in [4.78, 5) is 33.8. The average molecular weight is 284 g/mol. The quantitative estimate of drug-likeness (QED) is 0.534. The van der Waals surface area contributed by atoms with Crippen LogP contribution in [0.15, 0.2) is 0 Å². The third-order valence-electron chi connectivity index (χ3n) is 4.54. The number of carboxylic acid groups (broad SMARTS) is 2. The van der Waals surface area contributed by atoms with Gasteiger partial charge in [0.05, 0.1) is 5.92 Å². The van der Waals surface area contributed by atoms with Crippen LogP contribution >= 0.6 is 0 Å². The van der Waals surface area contributed by atoms with Gasteiger partial charge in [-0.05, 0) is 37.5 Å². The minimum Gasteiger partial charge on any atom is -0.481 e. The number of hydrogen-bond donors (Lipinski definition) is 4. The van der Waals surface area contributed by atoms with Crippen LogP contribution in [-0.4, -0.2) is 40.1 Å². The van der Waals surface area contributed by atoms with E-state index < -0.39 is 18.0 Å². The Morgan fingerprint density at radius 3 is 2.35 bits per heavy atom. The van der Waals surface area contributed by atoms with Crippen molar-refractivity contribution in [2.24, 2.45) is 23.5 Å². The Morgan fingerprint density at radius 2 is 1.85 bits per heavy atom. The van der Waals surface area contributed by atoms with Gasteiger partial charge in [-0.25, -0.2) is 4.79 Å². The molecular weight excluding hydrogens is 264 g/mol. The first-order valence-corrected chi connectivity index (χ1v) is 6.90. The SMILES string of the molecule is NC1C2CCC(C2)C1C(=O)NC(CCC(=O)O)C(=O)O. The molecule has 20 heavy (non-hydrogen) atoms. The van der Waals surface area contributed by atoms with Crippen LogP contribution in [0.4, 0.5) is 0 Å². The standard InChI is InChI=1S/C13H20N2O5/c14-11-7-2-1-6(5-7)10(11)12(18)15-8(13(19)20)3-4-9(16)17/h6-8,10-11H,1-5,14H2,(H,15,18)(H,16,17)(H,19,20). The molecule has 5 N–H and O–H groups in total. The molecule has 112 valence electrons. The van der Waals surface area contributed by atoms with E-state index in [0.29, 0.717) is 5.92 Å². The lowest BCUT2D eigenvalue weighted by atomic mass is 9.84. The van der Waals surface area contributed by atoms with Gasteiger partial charge in [0.15, 0.2) is 0 Å². The second-order valence-corrected chi connectivity index (χ2v) is 5.77. The van der Waals surface area contributed by atoms with Gasteiger partial charge in [0.25, 0.3) is 0 Å². The molecule has 0 aliphatic heterocycles. The van der Waals surface area contributed by atoms with Gasteiger partial charge < -0.3 is 21.3 Å². The molecule has 2 aliphatic rings. The van der Waals surface area contributed by atoms with E-state index >= 15 is 0 Å². The summed E-state index contributed by atoms with van der Waals surface area (Å²) in [6, 6.07) is -1.37. The summed E-state index contributed by atoms with van der Waals surface area (Å²) < 4.78 is 0. The first-order chi connectivity index (χ1) is 9.40. The average Bonchev–Trinajstić information content (AvgIpc) is 2.93. The highest BCUT2D eigenvalue weighted by atomic mass is 16.4. The smallest absolute Gasteiger partial charge is 0.326 e. The zero-order chi connectivity index (χ0) is 14.9. The maximum Gasteiger partial charge on any atom is 0.326 e. The number of carbonyl (C=O) groups is 3. The molecular formula is C13H20N2O5. The van der Waals surface area contributed by atoms with Gasteiger partial charge in [-0.15, -0.1) is 0 Å². The summed E-state index contributed by atoms with van der Waals surface area (Å²) in [5, 5.41) is 20.1. The van der Waals surface area contributed by atoms with E-state index in [0.717, 1.165) is 19.3 Å². The monoisotopic (exact) mass is 284 g/mol. The molecule has 0 aromatic rings. The Morgan fingerprint density at radius 1 is 1.20 bits per heavy atom. The van der Waals surface area contributed by atoms with Crippen molar-refractivity contribution in [2.45, 2.75) is 44.2 Å². The summed E-state index contributed by atoms with van der Waals surface area (Å²) >= 11 is 0. The van der Waals surface area contributed by atoms with Crippen LogP contribution in [-0.2, 0) is 14.4 Å². The number of hydrogen-bond acceptors (Lipinski definition) is 4. The molecule has 2 fully saturated rings. The lowest BCUT2D eigenvalue weighted by molar-refractivity contribution is -0.144. The van der Waals surface area contributed by atoms with Crippen LogP contribution in [0.25, 0.3) is 0 Å². The van der Waals surface area contributed by atoms with Crippen molar-refractivity contribution >= 4 is 17.8 Å².